The number of rotatable bonds is 16. The molecule has 0 saturated carbocycles. The Bertz CT molecular complexity index is 474. The zero-order valence-corrected chi connectivity index (χ0v) is 16.6. The first-order valence-corrected chi connectivity index (χ1v) is 10.5. The van der Waals surface area contributed by atoms with Gasteiger partial charge in [0, 0.05) is 18.8 Å². The Balaban J connectivity index is 1.84. The number of hydrogen-bond donors (Lipinski definition) is 1. The van der Waals surface area contributed by atoms with Gasteiger partial charge in [-0.3, -0.25) is 9.78 Å². The van der Waals surface area contributed by atoms with Crippen molar-refractivity contribution in [2.75, 3.05) is 0 Å². The lowest BCUT2D eigenvalue weighted by atomic mass is 10.0. The van der Waals surface area contributed by atoms with Crippen LogP contribution < -0.4 is 5.43 Å². The van der Waals surface area contributed by atoms with Crippen molar-refractivity contribution in [1.82, 2.24) is 10.4 Å². The molecule has 0 aromatic carbocycles. The highest BCUT2D eigenvalue weighted by Crippen LogP contribution is 2.12. The molecule has 0 unspecified atom stereocenters. The summed E-state index contributed by atoms with van der Waals surface area (Å²) in [6, 6.07) is 3.70. The number of hydrogen-bond acceptors (Lipinski definition) is 3. The molecule has 4 heteroatoms. The van der Waals surface area contributed by atoms with Crippen molar-refractivity contribution in [3.8, 4) is 0 Å². The van der Waals surface area contributed by atoms with Gasteiger partial charge in [-0.2, -0.15) is 5.10 Å². The Kier molecular flexibility index (Phi) is 14.4. The number of carbonyl (C=O) groups excluding carboxylic acids is 1. The van der Waals surface area contributed by atoms with Gasteiger partial charge in [-0.1, -0.05) is 84.0 Å². The number of amides is 1. The van der Waals surface area contributed by atoms with E-state index in [9.17, 15) is 4.79 Å². The summed E-state index contributed by atoms with van der Waals surface area (Å²) in [5.41, 5.74) is 3.52. The van der Waals surface area contributed by atoms with Gasteiger partial charge in [0.05, 0.1) is 6.21 Å². The zero-order valence-electron chi connectivity index (χ0n) is 16.6. The molecule has 146 valence electrons. The van der Waals surface area contributed by atoms with Crippen LogP contribution >= 0.6 is 0 Å². The maximum absolute atomic E-state index is 11.7. The van der Waals surface area contributed by atoms with Crippen LogP contribution in [0.2, 0.25) is 0 Å². The van der Waals surface area contributed by atoms with Crippen LogP contribution in [0.25, 0.3) is 0 Å². The van der Waals surface area contributed by atoms with E-state index in [1.807, 2.05) is 12.1 Å². The fourth-order valence-electron chi connectivity index (χ4n) is 2.99. The highest BCUT2D eigenvalue weighted by atomic mass is 16.2. The van der Waals surface area contributed by atoms with E-state index < -0.39 is 0 Å². The smallest absolute Gasteiger partial charge is 0.240 e. The van der Waals surface area contributed by atoms with E-state index in [4.69, 9.17) is 0 Å². The molecule has 0 fully saturated rings. The lowest BCUT2D eigenvalue weighted by Gasteiger charge is -2.03. The Morgan fingerprint density at radius 3 is 1.92 bits per heavy atom. The summed E-state index contributed by atoms with van der Waals surface area (Å²) in [4.78, 5) is 15.6. The van der Waals surface area contributed by atoms with Crippen LogP contribution in [0.1, 0.15) is 102 Å². The van der Waals surface area contributed by atoms with E-state index >= 15 is 0 Å². The second-order valence-electron chi connectivity index (χ2n) is 7.07. The van der Waals surface area contributed by atoms with Crippen LogP contribution in [0.3, 0.4) is 0 Å². The van der Waals surface area contributed by atoms with Crippen LogP contribution in [0.5, 0.6) is 0 Å². The summed E-state index contributed by atoms with van der Waals surface area (Å²) in [7, 11) is 0. The van der Waals surface area contributed by atoms with Crippen LogP contribution in [-0.2, 0) is 4.79 Å². The van der Waals surface area contributed by atoms with Gasteiger partial charge in [0.2, 0.25) is 5.91 Å². The van der Waals surface area contributed by atoms with Crippen LogP contribution in [0.4, 0.5) is 0 Å². The Hall–Kier alpha value is -1.71. The molecule has 0 aliphatic carbocycles. The molecule has 26 heavy (non-hydrogen) atoms. The number of aromatic nitrogens is 1. The fraction of sp³-hybridized carbons (Fsp3) is 0.682. The zero-order chi connectivity index (χ0) is 18.7. The second-order valence-corrected chi connectivity index (χ2v) is 7.07. The van der Waals surface area contributed by atoms with Crippen molar-refractivity contribution in [3.05, 3.63) is 30.1 Å². The Morgan fingerprint density at radius 2 is 1.38 bits per heavy atom. The van der Waals surface area contributed by atoms with Gasteiger partial charge in [-0.05, 0) is 24.1 Å². The predicted molar refractivity (Wildman–Crippen MR) is 110 cm³/mol. The van der Waals surface area contributed by atoms with Gasteiger partial charge in [0.1, 0.15) is 0 Å². The summed E-state index contributed by atoms with van der Waals surface area (Å²) in [6.07, 6.45) is 22.7. The van der Waals surface area contributed by atoms with Gasteiger partial charge in [0.25, 0.3) is 0 Å². The molecule has 0 bridgehead atoms. The van der Waals surface area contributed by atoms with Crippen molar-refractivity contribution in [2.24, 2.45) is 5.10 Å². The molecular weight excluding hydrogens is 322 g/mol. The molecule has 0 spiro atoms. The van der Waals surface area contributed by atoms with Gasteiger partial charge >= 0.3 is 0 Å². The normalized spacial score (nSPS) is 11.1. The molecule has 0 aliphatic rings. The topological polar surface area (TPSA) is 54.4 Å². The number of unbranched alkanes of at least 4 members (excludes halogenated alkanes) is 12. The number of nitrogens with zero attached hydrogens (tertiary/aromatic N) is 2. The molecule has 0 saturated heterocycles. The third kappa shape index (κ3) is 13.6. The van der Waals surface area contributed by atoms with Crippen molar-refractivity contribution in [3.63, 3.8) is 0 Å². The third-order valence-electron chi connectivity index (χ3n) is 4.62. The Labute approximate surface area is 159 Å². The SMILES string of the molecule is CCCCCCCCCCCCCCCC(=O)NN=Cc1ccncc1. The van der Waals surface area contributed by atoms with Crippen LogP contribution in [0, 0.1) is 0 Å². The molecule has 0 radical (unpaired) electrons. The first kappa shape index (κ1) is 22.3. The molecular formula is C22H37N3O. The highest BCUT2D eigenvalue weighted by Gasteiger charge is 1.99. The largest absolute Gasteiger partial charge is 0.273 e. The minimum atomic E-state index is -0.00150. The molecule has 4 nitrogen and oxygen atoms in total. The first-order chi connectivity index (χ1) is 12.8. The lowest BCUT2D eigenvalue weighted by molar-refractivity contribution is -0.121. The highest BCUT2D eigenvalue weighted by molar-refractivity contribution is 5.82. The predicted octanol–water partition coefficient (Wildman–Crippen LogP) is 6.01. The summed E-state index contributed by atoms with van der Waals surface area (Å²) < 4.78 is 0. The molecule has 1 rings (SSSR count). The number of nitrogens with one attached hydrogen (secondary N) is 1. The van der Waals surface area contributed by atoms with Crippen LogP contribution in [-0.4, -0.2) is 17.1 Å². The molecule has 0 atom stereocenters. The third-order valence-corrected chi connectivity index (χ3v) is 4.62. The first-order valence-electron chi connectivity index (χ1n) is 10.5. The Morgan fingerprint density at radius 1 is 0.885 bits per heavy atom. The van der Waals surface area contributed by atoms with Crippen molar-refractivity contribution < 1.29 is 4.79 Å². The summed E-state index contributed by atoms with van der Waals surface area (Å²) in [5.74, 6) is -0.00150. The minimum absolute atomic E-state index is 0.00150. The van der Waals surface area contributed by atoms with E-state index in [2.05, 4.69) is 22.4 Å². The van der Waals surface area contributed by atoms with Gasteiger partial charge in [0.15, 0.2) is 0 Å². The quantitative estimate of drug-likeness (QED) is 0.223. The second kappa shape index (κ2) is 16.7. The van der Waals surface area contributed by atoms with E-state index in [0.717, 1.165) is 18.4 Å². The average Bonchev–Trinajstić information content (AvgIpc) is 2.66. The van der Waals surface area contributed by atoms with E-state index in [1.165, 1.54) is 70.6 Å². The van der Waals surface area contributed by atoms with Gasteiger partial charge < -0.3 is 0 Å². The van der Waals surface area contributed by atoms with E-state index in [-0.39, 0.29) is 5.91 Å². The molecule has 0 aliphatic heterocycles. The summed E-state index contributed by atoms with van der Waals surface area (Å²) in [6.45, 7) is 2.27. The molecule has 1 heterocycles. The molecule has 1 aromatic heterocycles. The van der Waals surface area contributed by atoms with Gasteiger partial charge in [-0.15, -0.1) is 0 Å². The number of hydrazone groups is 1. The standard InChI is InChI=1S/C22H37N3O/c1-2-3-4-5-6-7-8-9-10-11-12-13-14-15-22(26)25-24-20-21-16-18-23-19-17-21/h16-20H,2-15H2,1H3,(H,25,26). The summed E-state index contributed by atoms with van der Waals surface area (Å²) >= 11 is 0. The van der Waals surface area contributed by atoms with Gasteiger partial charge in [-0.25, -0.2) is 5.43 Å². The maximum Gasteiger partial charge on any atom is 0.240 e. The fourth-order valence-corrected chi connectivity index (χ4v) is 2.99. The van der Waals surface area contributed by atoms with E-state index in [1.54, 1.807) is 18.6 Å². The van der Waals surface area contributed by atoms with Crippen LogP contribution in [0.15, 0.2) is 29.6 Å². The lowest BCUT2D eigenvalue weighted by Crippen LogP contribution is -2.16. The van der Waals surface area contributed by atoms with E-state index in [0.29, 0.717) is 6.42 Å². The molecule has 1 aromatic rings. The summed E-state index contributed by atoms with van der Waals surface area (Å²) in [5, 5.41) is 3.97. The maximum atomic E-state index is 11.7. The number of carbonyl (C=O) groups is 1. The minimum Gasteiger partial charge on any atom is -0.273 e. The monoisotopic (exact) mass is 359 g/mol. The van der Waals surface area contributed by atoms with Crippen molar-refractivity contribution >= 4 is 12.1 Å². The van der Waals surface area contributed by atoms with Crippen molar-refractivity contribution in [1.29, 1.82) is 0 Å². The average molecular weight is 360 g/mol. The molecule has 1 N–H and O–H groups in total. The number of pyridine rings is 1. The molecule has 1 amide bonds. The van der Waals surface area contributed by atoms with Crippen molar-refractivity contribution in [2.45, 2.75) is 96.8 Å².